The highest BCUT2D eigenvalue weighted by Crippen LogP contribution is 2.19. The first-order valence-corrected chi connectivity index (χ1v) is 15.8. The van der Waals surface area contributed by atoms with Crippen molar-refractivity contribution in [2.24, 2.45) is 5.92 Å². The van der Waals surface area contributed by atoms with Crippen LogP contribution in [-0.4, -0.2) is 59.0 Å². The molecule has 1 aromatic heterocycles. The molecule has 3 aromatic rings. The van der Waals surface area contributed by atoms with Gasteiger partial charge in [-0.1, -0.05) is 75.5 Å². The number of halogens is 1. The number of hydrogen-bond acceptors (Lipinski definition) is 3. The van der Waals surface area contributed by atoms with E-state index in [1.165, 1.54) is 18.4 Å². The van der Waals surface area contributed by atoms with Gasteiger partial charge < -0.3 is 19.1 Å². The third kappa shape index (κ3) is 10.6. The number of ether oxygens (including phenoxy) is 1. The zero-order valence-electron chi connectivity index (χ0n) is 25.9. The van der Waals surface area contributed by atoms with E-state index >= 15 is 0 Å². The minimum atomic E-state index is -0.119. The van der Waals surface area contributed by atoms with Gasteiger partial charge in [0.25, 0.3) is 5.91 Å². The van der Waals surface area contributed by atoms with Gasteiger partial charge in [-0.15, -0.1) is 0 Å². The van der Waals surface area contributed by atoms with Crippen molar-refractivity contribution in [3.05, 3.63) is 94.3 Å². The Morgan fingerprint density at radius 1 is 0.929 bits per heavy atom. The summed E-state index contributed by atoms with van der Waals surface area (Å²) in [7, 11) is 0. The summed E-state index contributed by atoms with van der Waals surface area (Å²) in [5.41, 5.74) is 3.90. The molecule has 2 amide bonds. The fourth-order valence-electron chi connectivity index (χ4n) is 5.04. The van der Waals surface area contributed by atoms with Gasteiger partial charge in [-0.2, -0.15) is 0 Å². The molecule has 0 saturated heterocycles. The predicted molar refractivity (Wildman–Crippen MR) is 172 cm³/mol. The molecule has 0 saturated carbocycles. The van der Waals surface area contributed by atoms with Crippen LogP contribution in [0.3, 0.4) is 0 Å². The molecule has 0 aliphatic heterocycles. The third-order valence-electron chi connectivity index (χ3n) is 7.32. The molecule has 2 aromatic carbocycles. The van der Waals surface area contributed by atoms with E-state index < -0.39 is 0 Å². The van der Waals surface area contributed by atoms with Crippen LogP contribution in [0.15, 0.2) is 66.9 Å². The maximum Gasteiger partial charge on any atom is 0.254 e. The first kappa shape index (κ1) is 33.4. The van der Waals surface area contributed by atoms with Gasteiger partial charge in [0.05, 0.1) is 6.54 Å². The summed E-state index contributed by atoms with van der Waals surface area (Å²) < 4.78 is 7.67. The largest absolute Gasteiger partial charge is 0.382 e. The fraction of sp³-hybridized carbons (Fsp3) is 0.486. The summed E-state index contributed by atoms with van der Waals surface area (Å²) in [5, 5.41) is 0.725. The SMILES string of the molecule is CCCCCc1ccc(C(=O)N(CCCOCC)CC(=O)N(Cc2cccn2Cc2ccccc2Cl)CC(C)C)cc1. The van der Waals surface area contributed by atoms with Crippen LogP contribution in [0.2, 0.25) is 5.02 Å². The van der Waals surface area contributed by atoms with Gasteiger partial charge in [-0.05, 0) is 73.6 Å². The molecule has 7 heteroatoms. The van der Waals surface area contributed by atoms with Gasteiger partial charge in [-0.25, -0.2) is 0 Å². The van der Waals surface area contributed by atoms with E-state index in [9.17, 15) is 9.59 Å². The highest BCUT2D eigenvalue weighted by Gasteiger charge is 2.24. The zero-order valence-corrected chi connectivity index (χ0v) is 26.6. The number of nitrogens with zero attached hydrogens (tertiary/aromatic N) is 3. The van der Waals surface area contributed by atoms with E-state index in [2.05, 4.69) is 25.3 Å². The van der Waals surface area contributed by atoms with Crippen molar-refractivity contribution < 1.29 is 14.3 Å². The number of carbonyl (C=O) groups excluding carboxylic acids is 2. The van der Waals surface area contributed by atoms with E-state index in [4.69, 9.17) is 16.3 Å². The lowest BCUT2D eigenvalue weighted by Crippen LogP contribution is -2.44. The molecule has 0 spiro atoms. The molecule has 1 heterocycles. The van der Waals surface area contributed by atoms with Crippen LogP contribution in [0.4, 0.5) is 0 Å². The first-order valence-electron chi connectivity index (χ1n) is 15.4. The predicted octanol–water partition coefficient (Wildman–Crippen LogP) is 7.48. The number of aromatic nitrogens is 1. The van der Waals surface area contributed by atoms with E-state index in [1.54, 1.807) is 4.90 Å². The Bertz CT molecular complexity index is 1240. The Hall–Kier alpha value is -3.09. The molecular weight excluding hydrogens is 546 g/mol. The summed E-state index contributed by atoms with van der Waals surface area (Å²) in [6.07, 6.45) is 7.24. The minimum Gasteiger partial charge on any atom is -0.382 e. The molecule has 3 rings (SSSR count). The molecule has 42 heavy (non-hydrogen) atoms. The van der Waals surface area contributed by atoms with Crippen LogP contribution < -0.4 is 0 Å². The standard InChI is InChI=1S/C35H48ClN3O3/c1-5-7-8-13-29-17-19-30(20-18-29)35(41)38(22-12-23-42-6-2)27-34(40)39(24-28(3)4)26-32-15-11-21-37(32)25-31-14-9-10-16-33(31)36/h9-11,14-21,28H,5-8,12-13,22-27H2,1-4H3. The summed E-state index contributed by atoms with van der Waals surface area (Å²) >= 11 is 6.43. The van der Waals surface area contributed by atoms with Crippen molar-refractivity contribution in [2.45, 2.75) is 72.9 Å². The van der Waals surface area contributed by atoms with Crippen molar-refractivity contribution in [1.82, 2.24) is 14.4 Å². The lowest BCUT2D eigenvalue weighted by Gasteiger charge is -2.29. The third-order valence-corrected chi connectivity index (χ3v) is 7.69. The van der Waals surface area contributed by atoms with Crippen molar-refractivity contribution in [3.8, 4) is 0 Å². The Kier molecular flexibility index (Phi) is 14.1. The van der Waals surface area contributed by atoms with Crippen molar-refractivity contribution >= 4 is 23.4 Å². The van der Waals surface area contributed by atoms with Crippen LogP contribution in [-0.2, 0) is 29.0 Å². The van der Waals surface area contributed by atoms with E-state index in [0.717, 1.165) is 29.1 Å². The number of benzene rings is 2. The van der Waals surface area contributed by atoms with Gasteiger partial charge in [0.2, 0.25) is 5.91 Å². The maximum atomic E-state index is 13.8. The number of hydrogen-bond donors (Lipinski definition) is 0. The van der Waals surface area contributed by atoms with E-state index in [1.807, 2.05) is 78.7 Å². The van der Waals surface area contributed by atoms with Gasteiger partial charge in [0.15, 0.2) is 0 Å². The molecule has 0 N–H and O–H groups in total. The Balaban J connectivity index is 1.75. The van der Waals surface area contributed by atoms with E-state index in [-0.39, 0.29) is 24.3 Å². The van der Waals surface area contributed by atoms with Crippen LogP contribution >= 0.6 is 11.6 Å². The summed E-state index contributed by atoms with van der Waals surface area (Å²) in [4.78, 5) is 31.1. The monoisotopic (exact) mass is 593 g/mol. The fourth-order valence-corrected chi connectivity index (χ4v) is 5.24. The number of carbonyl (C=O) groups is 2. The molecule has 6 nitrogen and oxygen atoms in total. The van der Waals surface area contributed by atoms with Crippen LogP contribution in [0.1, 0.15) is 80.6 Å². The molecule has 0 aliphatic carbocycles. The lowest BCUT2D eigenvalue weighted by atomic mass is 10.0. The van der Waals surface area contributed by atoms with Crippen LogP contribution in [0.5, 0.6) is 0 Å². The van der Waals surface area contributed by atoms with Gasteiger partial charge >= 0.3 is 0 Å². The first-order chi connectivity index (χ1) is 20.3. The van der Waals surface area contributed by atoms with Crippen molar-refractivity contribution in [1.29, 1.82) is 0 Å². The van der Waals surface area contributed by atoms with Crippen LogP contribution in [0, 0.1) is 5.92 Å². The molecule has 0 bridgehead atoms. The van der Waals surface area contributed by atoms with Crippen LogP contribution in [0.25, 0.3) is 0 Å². The second kappa shape index (κ2) is 17.8. The van der Waals surface area contributed by atoms with Gasteiger partial charge in [-0.3, -0.25) is 9.59 Å². The average molecular weight is 594 g/mol. The molecule has 0 fully saturated rings. The highest BCUT2D eigenvalue weighted by molar-refractivity contribution is 6.31. The summed E-state index contributed by atoms with van der Waals surface area (Å²) in [6.45, 7) is 11.7. The highest BCUT2D eigenvalue weighted by atomic mass is 35.5. The Morgan fingerprint density at radius 3 is 2.38 bits per heavy atom. The number of rotatable bonds is 18. The van der Waals surface area contributed by atoms with Crippen molar-refractivity contribution in [3.63, 3.8) is 0 Å². The number of amides is 2. The maximum absolute atomic E-state index is 13.8. The minimum absolute atomic E-state index is 0.0289. The number of aryl methyl sites for hydroxylation is 1. The molecule has 0 atom stereocenters. The number of unbranched alkanes of at least 4 members (excludes halogenated alkanes) is 2. The van der Waals surface area contributed by atoms with Gasteiger partial charge in [0.1, 0.15) is 6.54 Å². The normalized spacial score (nSPS) is 11.2. The molecule has 0 unspecified atom stereocenters. The Morgan fingerprint density at radius 2 is 1.69 bits per heavy atom. The molecule has 228 valence electrons. The summed E-state index contributed by atoms with van der Waals surface area (Å²) in [5.74, 6) is 0.102. The molecule has 0 aliphatic rings. The second-order valence-corrected chi connectivity index (χ2v) is 11.7. The molecule has 0 radical (unpaired) electrons. The summed E-state index contributed by atoms with van der Waals surface area (Å²) in [6, 6.07) is 19.8. The lowest BCUT2D eigenvalue weighted by molar-refractivity contribution is -0.133. The Labute approximate surface area is 257 Å². The zero-order chi connectivity index (χ0) is 30.3. The quantitative estimate of drug-likeness (QED) is 0.144. The van der Waals surface area contributed by atoms with Gasteiger partial charge in [0, 0.05) is 55.3 Å². The second-order valence-electron chi connectivity index (χ2n) is 11.3. The van der Waals surface area contributed by atoms with E-state index in [0.29, 0.717) is 51.4 Å². The topological polar surface area (TPSA) is 54.8 Å². The average Bonchev–Trinajstić information content (AvgIpc) is 3.41. The molecular formula is C35H48ClN3O3. The van der Waals surface area contributed by atoms with Crippen molar-refractivity contribution in [2.75, 3.05) is 32.8 Å². The smallest absolute Gasteiger partial charge is 0.254 e.